The molecule has 19 heavy (non-hydrogen) atoms. The predicted octanol–water partition coefficient (Wildman–Crippen LogP) is 5.33. The summed E-state index contributed by atoms with van der Waals surface area (Å²) in [7, 11) is 0. The van der Waals surface area contributed by atoms with Crippen molar-refractivity contribution < 1.29 is 0 Å². The zero-order valence-corrected chi connectivity index (χ0v) is 13.5. The van der Waals surface area contributed by atoms with Gasteiger partial charge in [-0.25, -0.2) is 0 Å². The van der Waals surface area contributed by atoms with Crippen molar-refractivity contribution in [1.29, 1.82) is 0 Å². The lowest BCUT2D eigenvalue weighted by molar-refractivity contribution is 0.773. The van der Waals surface area contributed by atoms with Crippen LogP contribution in [0.15, 0.2) is 42.5 Å². The standard InChI is InChI=1S/C18H21Br/c1-13-5-4-6-17(9-13)18(12-19)11-16-8-7-14(2)15(3)10-16/h4-10,18H,11-12H2,1-3H3. The van der Waals surface area contributed by atoms with Crippen LogP contribution in [0, 0.1) is 20.8 Å². The van der Waals surface area contributed by atoms with Crippen molar-refractivity contribution in [2.75, 3.05) is 5.33 Å². The minimum absolute atomic E-state index is 0.544. The smallest absolute Gasteiger partial charge is 0.0103 e. The van der Waals surface area contributed by atoms with Gasteiger partial charge in [-0.3, -0.25) is 0 Å². The second-order valence-electron chi connectivity index (χ2n) is 5.39. The molecule has 0 bridgehead atoms. The zero-order valence-electron chi connectivity index (χ0n) is 11.9. The first-order valence-electron chi connectivity index (χ1n) is 6.79. The largest absolute Gasteiger partial charge is 0.0921 e. The highest BCUT2D eigenvalue weighted by atomic mass is 79.9. The van der Waals surface area contributed by atoms with Gasteiger partial charge in [-0.15, -0.1) is 0 Å². The highest BCUT2D eigenvalue weighted by molar-refractivity contribution is 9.09. The van der Waals surface area contributed by atoms with E-state index in [1.807, 2.05) is 0 Å². The first kappa shape index (κ1) is 14.3. The fourth-order valence-corrected chi connectivity index (χ4v) is 3.00. The van der Waals surface area contributed by atoms with Crippen molar-refractivity contribution in [2.45, 2.75) is 33.1 Å². The van der Waals surface area contributed by atoms with Gasteiger partial charge in [0.05, 0.1) is 0 Å². The molecule has 2 aromatic carbocycles. The summed E-state index contributed by atoms with van der Waals surface area (Å²) in [6.45, 7) is 6.51. The molecule has 0 spiro atoms. The molecule has 1 atom stereocenters. The molecule has 0 saturated carbocycles. The third-order valence-corrected chi connectivity index (χ3v) is 4.53. The van der Waals surface area contributed by atoms with Crippen LogP contribution < -0.4 is 0 Å². The van der Waals surface area contributed by atoms with Gasteiger partial charge in [0.25, 0.3) is 0 Å². The highest BCUT2D eigenvalue weighted by Gasteiger charge is 2.11. The summed E-state index contributed by atoms with van der Waals surface area (Å²) >= 11 is 3.67. The molecule has 0 N–H and O–H groups in total. The molecule has 2 rings (SSSR count). The lowest BCUT2D eigenvalue weighted by Crippen LogP contribution is -2.05. The molecular weight excluding hydrogens is 296 g/mol. The number of alkyl halides is 1. The molecule has 0 nitrogen and oxygen atoms in total. The quantitative estimate of drug-likeness (QED) is 0.668. The Labute approximate surface area is 125 Å². The average molecular weight is 317 g/mol. The lowest BCUT2D eigenvalue weighted by Gasteiger charge is -2.16. The summed E-state index contributed by atoms with van der Waals surface area (Å²) in [6, 6.07) is 15.7. The molecule has 0 aliphatic heterocycles. The second-order valence-corrected chi connectivity index (χ2v) is 6.04. The van der Waals surface area contributed by atoms with E-state index in [1.165, 1.54) is 27.8 Å². The molecule has 0 saturated heterocycles. The maximum atomic E-state index is 3.67. The molecule has 0 aliphatic rings. The number of hydrogen-bond acceptors (Lipinski definition) is 0. The van der Waals surface area contributed by atoms with Crippen molar-refractivity contribution in [3.05, 3.63) is 70.3 Å². The van der Waals surface area contributed by atoms with Crippen LogP contribution >= 0.6 is 15.9 Å². The fraction of sp³-hybridized carbons (Fsp3) is 0.333. The number of halogens is 1. The van der Waals surface area contributed by atoms with Crippen LogP contribution in [0.1, 0.15) is 33.7 Å². The van der Waals surface area contributed by atoms with Gasteiger partial charge >= 0.3 is 0 Å². The van der Waals surface area contributed by atoms with Gasteiger partial charge in [-0.1, -0.05) is 64.0 Å². The van der Waals surface area contributed by atoms with Crippen LogP contribution in [0.5, 0.6) is 0 Å². The maximum Gasteiger partial charge on any atom is 0.0103 e. The van der Waals surface area contributed by atoms with Gasteiger partial charge in [-0.2, -0.15) is 0 Å². The van der Waals surface area contributed by atoms with Crippen molar-refractivity contribution in [3.63, 3.8) is 0 Å². The van der Waals surface area contributed by atoms with E-state index in [-0.39, 0.29) is 0 Å². The van der Waals surface area contributed by atoms with Crippen molar-refractivity contribution >= 4 is 15.9 Å². The number of hydrogen-bond donors (Lipinski definition) is 0. The topological polar surface area (TPSA) is 0 Å². The summed E-state index contributed by atoms with van der Waals surface area (Å²) in [5, 5.41) is 1.00. The van der Waals surface area contributed by atoms with Crippen LogP contribution in [0.2, 0.25) is 0 Å². The Morgan fingerprint density at radius 3 is 2.37 bits per heavy atom. The van der Waals surface area contributed by atoms with Crippen LogP contribution in [-0.2, 0) is 6.42 Å². The fourth-order valence-electron chi connectivity index (χ4n) is 2.40. The van der Waals surface area contributed by atoms with Crippen molar-refractivity contribution in [2.24, 2.45) is 0 Å². The summed E-state index contributed by atoms with van der Waals surface area (Å²) in [5.74, 6) is 0.544. The van der Waals surface area contributed by atoms with E-state index in [1.54, 1.807) is 0 Å². The SMILES string of the molecule is Cc1cccc(C(CBr)Cc2ccc(C)c(C)c2)c1. The molecule has 100 valence electrons. The van der Waals surface area contributed by atoms with Crippen LogP contribution in [0.4, 0.5) is 0 Å². The molecule has 0 amide bonds. The predicted molar refractivity (Wildman–Crippen MR) is 87.3 cm³/mol. The first-order valence-corrected chi connectivity index (χ1v) is 7.91. The average Bonchev–Trinajstić information content (AvgIpc) is 2.40. The Morgan fingerprint density at radius 1 is 0.947 bits per heavy atom. The Bertz CT molecular complexity index is 557. The summed E-state index contributed by atoms with van der Waals surface area (Å²) < 4.78 is 0. The number of benzene rings is 2. The number of rotatable bonds is 4. The third kappa shape index (κ3) is 3.70. The summed E-state index contributed by atoms with van der Waals surface area (Å²) in [4.78, 5) is 0. The maximum absolute atomic E-state index is 3.67. The molecular formula is C18H21Br. The first-order chi connectivity index (χ1) is 9.10. The molecule has 1 unspecified atom stereocenters. The second kappa shape index (κ2) is 6.38. The van der Waals surface area contributed by atoms with Crippen molar-refractivity contribution in [3.8, 4) is 0 Å². The lowest BCUT2D eigenvalue weighted by atomic mass is 9.91. The van der Waals surface area contributed by atoms with Gasteiger partial charge in [0.1, 0.15) is 0 Å². The van der Waals surface area contributed by atoms with Gasteiger partial charge in [0, 0.05) is 5.33 Å². The Balaban J connectivity index is 2.21. The Morgan fingerprint density at radius 2 is 1.74 bits per heavy atom. The molecule has 0 radical (unpaired) electrons. The van der Waals surface area contributed by atoms with Crippen LogP contribution in [0.3, 0.4) is 0 Å². The van der Waals surface area contributed by atoms with Gasteiger partial charge in [-0.05, 0) is 55.4 Å². The molecule has 0 heterocycles. The summed E-state index contributed by atoms with van der Waals surface area (Å²) in [6.07, 6.45) is 1.09. The molecule has 0 aliphatic carbocycles. The zero-order chi connectivity index (χ0) is 13.8. The third-order valence-electron chi connectivity index (χ3n) is 3.75. The minimum atomic E-state index is 0.544. The Kier molecular flexibility index (Phi) is 4.81. The highest BCUT2D eigenvalue weighted by Crippen LogP contribution is 2.24. The van der Waals surface area contributed by atoms with Crippen LogP contribution in [0.25, 0.3) is 0 Å². The monoisotopic (exact) mass is 316 g/mol. The van der Waals surface area contributed by atoms with E-state index in [0.717, 1.165) is 11.8 Å². The van der Waals surface area contributed by atoms with Gasteiger partial charge < -0.3 is 0 Å². The molecule has 0 aromatic heterocycles. The van der Waals surface area contributed by atoms with Crippen LogP contribution in [-0.4, -0.2) is 5.33 Å². The summed E-state index contributed by atoms with van der Waals surface area (Å²) in [5.41, 5.74) is 6.94. The molecule has 2 aromatic rings. The van der Waals surface area contributed by atoms with E-state index < -0.39 is 0 Å². The minimum Gasteiger partial charge on any atom is -0.0921 e. The van der Waals surface area contributed by atoms with E-state index in [0.29, 0.717) is 5.92 Å². The van der Waals surface area contributed by atoms with E-state index >= 15 is 0 Å². The number of aryl methyl sites for hydroxylation is 3. The van der Waals surface area contributed by atoms with Gasteiger partial charge in [0.15, 0.2) is 0 Å². The van der Waals surface area contributed by atoms with Crippen molar-refractivity contribution in [1.82, 2.24) is 0 Å². The van der Waals surface area contributed by atoms with Gasteiger partial charge in [0.2, 0.25) is 0 Å². The van der Waals surface area contributed by atoms with E-state index in [9.17, 15) is 0 Å². The van der Waals surface area contributed by atoms with E-state index in [2.05, 4.69) is 79.2 Å². The normalized spacial score (nSPS) is 12.4. The van der Waals surface area contributed by atoms with E-state index in [4.69, 9.17) is 0 Å². The molecule has 0 fully saturated rings. The molecule has 1 heteroatoms. The Hall–Kier alpha value is -1.08.